The van der Waals surface area contributed by atoms with Gasteiger partial charge in [-0.15, -0.1) is 0 Å². The largest absolute Gasteiger partial charge is 0.352 e. The van der Waals surface area contributed by atoms with Gasteiger partial charge >= 0.3 is 0 Å². The third kappa shape index (κ3) is 5.47. The number of carbonyl (C=O) groups is 2. The van der Waals surface area contributed by atoms with Crippen LogP contribution in [0.3, 0.4) is 0 Å². The number of nitrogens with one attached hydrogen (secondary N) is 2. The SMILES string of the molecule is Cc1nc2c(C)cccn2c1C(=O)NCCCC(=O)NCc1ccc(S(N)(=O)=O)cc1. The number of hydrogen-bond donors (Lipinski definition) is 3. The molecule has 0 aliphatic heterocycles. The highest BCUT2D eigenvalue weighted by molar-refractivity contribution is 7.89. The molecule has 0 aliphatic rings. The molecule has 1 aromatic carbocycles. The molecule has 0 bridgehead atoms. The van der Waals surface area contributed by atoms with Gasteiger partial charge in [0.1, 0.15) is 11.3 Å². The predicted molar refractivity (Wildman–Crippen MR) is 116 cm³/mol. The lowest BCUT2D eigenvalue weighted by atomic mass is 10.2. The second-order valence-electron chi connectivity index (χ2n) is 7.26. The average Bonchev–Trinajstić information content (AvgIpc) is 3.06. The first kappa shape index (κ1) is 22.4. The van der Waals surface area contributed by atoms with E-state index in [0.717, 1.165) is 16.8 Å². The minimum atomic E-state index is -3.73. The van der Waals surface area contributed by atoms with Crippen LogP contribution in [0.5, 0.6) is 0 Å². The van der Waals surface area contributed by atoms with Crippen molar-refractivity contribution in [3.05, 3.63) is 65.1 Å². The zero-order valence-electron chi connectivity index (χ0n) is 17.4. The van der Waals surface area contributed by atoms with Crippen LogP contribution >= 0.6 is 0 Å². The van der Waals surface area contributed by atoms with Gasteiger partial charge in [-0.1, -0.05) is 18.2 Å². The highest BCUT2D eigenvalue weighted by Gasteiger charge is 2.17. The van der Waals surface area contributed by atoms with Crippen molar-refractivity contribution in [1.29, 1.82) is 0 Å². The average molecular weight is 444 g/mol. The maximum atomic E-state index is 12.6. The highest BCUT2D eigenvalue weighted by Crippen LogP contribution is 2.15. The molecule has 4 N–H and O–H groups in total. The van der Waals surface area contributed by atoms with Crippen molar-refractivity contribution in [3.8, 4) is 0 Å². The first-order valence-corrected chi connectivity index (χ1v) is 11.3. The molecule has 0 radical (unpaired) electrons. The summed E-state index contributed by atoms with van der Waals surface area (Å²) in [5.74, 6) is -0.391. The van der Waals surface area contributed by atoms with Crippen LogP contribution in [-0.4, -0.2) is 36.2 Å². The Morgan fingerprint density at radius 3 is 2.48 bits per heavy atom. The van der Waals surface area contributed by atoms with E-state index < -0.39 is 10.0 Å². The minimum absolute atomic E-state index is 0.0229. The third-order valence-corrected chi connectivity index (χ3v) is 5.77. The van der Waals surface area contributed by atoms with Gasteiger partial charge in [-0.3, -0.25) is 14.0 Å². The Kier molecular flexibility index (Phi) is 6.71. The zero-order valence-corrected chi connectivity index (χ0v) is 18.2. The number of aryl methyl sites for hydroxylation is 2. The van der Waals surface area contributed by atoms with Gasteiger partial charge in [-0.2, -0.15) is 0 Å². The van der Waals surface area contributed by atoms with Gasteiger partial charge in [0.15, 0.2) is 0 Å². The van der Waals surface area contributed by atoms with Crippen LogP contribution in [0, 0.1) is 13.8 Å². The molecule has 0 spiro atoms. The molecule has 164 valence electrons. The van der Waals surface area contributed by atoms with Crippen molar-refractivity contribution in [2.24, 2.45) is 5.14 Å². The van der Waals surface area contributed by atoms with E-state index in [4.69, 9.17) is 5.14 Å². The normalized spacial score (nSPS) is 11.5. The maximum Gasteiger partial charge on any atom is 0.270 e. The van der Waals surface area contributed by atoms with E-state index >= 15 is 0 Å². The van der Waals surface area contributed by atoms with Crippen molar-refractivity contribution in [1.82, 2.24) is 20.0 Å². The number of fused-ring (bicyclic) bond motifs is 1. The van der Waals surface area contributed by atoms with Gasteiger partial charge in [0.25, 0.3) is 5.91 Å². The van der Waals surface area contributed by atoms with Crippen LogP contribution in [0.2, 0.25) is 0 Å². The Balaban J connectivity index is 1.45. The molecule has 2 amide bonds. The number of pyridine rings is 1. The monoisotopic (exact) mass is 443 g/mol. The van der Waals surface area contributed by atoms with Crippen molar-refractivity contribution < 1.29 is 18.0 Å². The van der Waals surface area contributed by atoms with E-state index in [1.165, 1.54) is 12.1 Å². The molecule has 2 heterocycles. The fourth-order valence-corrected chi connectivity index (χ4v) is 3.73. The van der Waals surface area contributed by atoms with E-state index in [1.807, 2.05) is 19.1 Å². The molecule has 10 heteroatoms. The van der Waals surface area contributed by atoms with Gasteiger partial charge in [-0.05, 0) is 49.6 Å². The summed E-state index contributed by atoms with van der Waals surface area (Å²) in [5, 5.41) is 10.7. The van der Waals surface area contributed by atoms with Gasteiger partial charge in [0.2, 0.25) is 15.9 Å². The Hall–Kier alpha value is -3.24. The van der Waals surface area contributed by atoms with Crippen LogP contribution in [-0.2, 0) is 21.4 Å². The summed E-state index contributed by atoms with van der Waals surface area (Å²) in [4.78, 5) is 29.1. The number of hydrogen-bond acceptors (Lipinski definition) is 5. The summed E-state index contributed by atoms with van der Waals surface area (Å²) in [5.41, 5.74) is 3.64. The Morgan fingerprint density at radius 1 is 1.10 bits per heavy atom. The van der Waals surface area contributed by atoms with E-state index in [-0.39, 0.29) is 29.7 Å². The van der Waals surface area contributed by atoms with Crippen molar-refractivity contribution in [3.63, 3.8) is 0 Å². The molecular formula is C21H25N5O4S. The standard InChI is InChI=1S/C21H25N5O4S/c1-14-5-4-12-26-19(15(2)25-20(14)26)21(28)23-11-3-6-18(27)24-13-16-7-9-17(10-8-16)31(22,29)30/h4-5,7-10,12H,3,6,11,13H2,1-2H3,(H,23,28)(H,24,27)(H2,22,29,30). The number of rotatable bonds is 8. The van der Waals surface area contributed by atoms with Gasteiger partial charge < -0.3 is 10.6 Å². The quantitative estimate of drug-likeness (QED) is 0.453. The van der Waals surface area contributed by atoms with Crippen molar-refractivity contribution in [2.45, 2.75) is 38.1 Å². The molecule has 0 saturated heterocycles. The lowest BCUT2D eigenvalue weighted by Crippen LogP contribution is -2.28. The Morgan fingerprint density at radius 2 is 1.81 bits per heavy atom. The molecular weight excluding hydrogens is 418 g/mol. The number of primary sulfonamides is 1. The zero-order chi connectivity index (χ0) is 22.6. The molecule has 0 atom stereocenters. The maximum absolute atomic E-state index is 12.6. The molecule has 9 nitrogen and oxygen atoms in total. The number of nitrogens with zero attached hydrogens (tertiary/aromatic N) is 2. The summed E-state index contributed by atoms with van der Waals surface area (Å²) in [7, 11) is -3.73. The van der Waals surface area contributed by atoms with Crippen molar-refractivity contribution in [2.75, 3.05) is 6.54 Å². The van der Waals surface area contributed by atoms with Crippen LogP contribution in [0.15, 0.2) is 47.5 Å². The lowest BCUT2D eigenvalue weighted by molar-refractivity contribution is -0.121. The van der Waals surface area contributed by atoms with E-state index in [0.29, 0.717) is 24.4 Å². The minimum Gasteiger partial charge on any atom is -0.352 e. The van der Waals surface area contributed by atoms with E-state index in [1.54, 1.807) is 29.7 Å². The van der Waals surface area contributed by atoms with Gasteiger partial charge in [-0.25, -0.2) is 18.5 Å². The fraction of sp³-hybridized carbons (Fsp3) is 0.286. The molecule has 3 rings (SSSR count). The van der Waals surface area contributed by atoms with Crippen LogP contribution in [0.4, 0.5) is 0 Å². The first-order valence-electron chi connectivity index (χ1n) is 9.77. The number of sulfonamides is 1. The summed E-state index contributed by atoms with van der Waals surface area (Å²) in [6.07, 6.45) is 2.54. The van der Waals surface area contributed by atoms with E-state index in [2.05, 4.69) is 15.6 Å². The number of benzene rings is 1. The first-order chi connectivity index (χ1) is 14.7. The Labute approximate surface area is 180 Å². The molecule has 0 unspecified atom stereocenters. The Bertz CT molecular complexity index is 1220. The number of carbonyl (C=O) groups excluding carboxylic acids is 2. The second kappa shape index (κ2) is 9.27. The molecule has 0 aliphatic carbocycles. The fourth-order valence-electron chi connectivity index (χ4n) is 3.21. The van der Waals surface area contributed by atoms with Crippen LogP contribution < -0.4 is 15.8 Å². The molecule has 31 heavy (non-hydrogen) atoms. The number of imidazole rings is 1. The second-order valence-corrected chi connectivity index (χ2v) is 8.82. The van der Waals surface area contributed by atoms with Crippen LogP contribution in [0.1, 0.15) is 40.2 Å². The van der Waals surface area contributed by atoms with E-state index in [9.17, 15) is 18.0 Å². The number of aromatic nitrogens is 2. The lowest BCUT2D eigenvalue weighted by Gasteiger charge is -2.08. The molecule has 3 aromatic rings. The predicted octanol–water partition coefficient (Wildman–Crippen LogP) is 1.42. The van der Waals surface area contributed by atoms with Crippen molar-refractivity contribution >= 4 is 27.5 Å². The summed E-state index contributed by atoms with van der Waals surface area (Å²) < 4.78 is 24.3. The smallest absolute Gasteiger partial charge is 0.270 e. The molecule has 2 aromatic heterocycles. The van der Waals surface area contributed by atoms with Gasteiger partial charge in [0.05, 0.1) is 10.6 Å². The van der Waals surface area contributed by atoms with Crippen LogP contribution in [0.25, 0.3) is 5.65 Å². The molecule has 0 saturated carbocycles. The summed E-state index contributed by atoms with van der Waals surface area (Å²) in [6, 6.07) is 9.80. The number of nitrogens with two attached hydrogens (primary N) is 1. The summed E-state index contributed by atoms with van der Waals surface area (Å²) in [6.45, 7) is 4.37. The van der Waals surface area contributed by atoms with Gasteiger partial charge in [0, 0.05) is 25.7 Å². The highest BCUT2D eigenvalue weighted by atomic mass is 32.2. The summed E-state index contributed by atoms with van der Waals surface area (Å²) >= 11 is 0. The topological polar surface area (TPSA) is 136 Å². The third-order valence-electron chi connectivity index (χ3n) is 4.84. The molecule has 0 fully saturated rings. The number of amides is 2.